The van der Waals surface area contributed by atoms with Gasteiger partial charge in [0.25, 0.3) is 0 Å². The summed E-state index contributed by atoms with van der Waals surface area (Å²) in [5.41, 5.74) is 3.00. The highest BCUT2D eigenvalue weighted by Crippen LogP contribution is 2.09. The first-order valence-electron chi connectivity index (χ1n) is 7.56. The Bertz CT molecular complexity index is 506. The molecular weight excluding hydrogens is 232 g/mol. The molecule has 2 rings (SSSR count). The van der Waals surface area contributed by atoms with Crippen LogP contribution in [0.15, 0.2) is 17.8 Å². The number of hydrogen-bond acceptors (Lipinski definition) is 1. The van der Waals surface area contributed by atoms with Gasteiger partial charge in [-0.1, -0.05) is 44.6 Å². The van der Waals surface area contributed by atoms with Crippen molar-refractivity contribution in [1.82, 2.24) is 10.3 Å². The predicted octanol–water partition coefficient (Wildman–Crippen LogP) is 2.49. The van der Waals surface area contributed by atoms with Crippen LogP contribution in [0.2, 0.25) is 0 Å². The SMILES string of the molecule is C/C=c1/[nH]cc(CC2=CCNCC2)/c1=C/CC.CC. The second-order valence-electron chi connectivity index (χ2n) is 4.54. The van der Waals surface area contributed by atoms with E-state index in [0.29, 0.717) is 0 Å². The average molecular weight is 260 g/mol. The minimum Gasteiger partial charge on any atom is -0.361 e. The van der Waals surface area contributed by atoms with Gasteiger partial charge in [0.1, 0.15) is 0 Å². The Morgan fingerprint density at radius 2 is 2.11 bits per heavy atom. The lowest BCUT2D eigenvalue weighted by Crippen LogP contribution is -2.26. The van der Waals surface area contributed by atoms with Crippen molar-refractivity contribution < 1.29 is 0 Å². The van der Waals surface area contributed by atoms with Crippen molar-refractivity contribution in [2.45, 2.75) is 47.0 Å². The summed E-state index contributed by atoms with van der Waals surface area (Å²) in [6, 6.07) is 0. The Hall–Kier alpha value is -1.28. The molecule has 0 atom stereocenters. The zero-order valence-corrected chi connectivity index (χ0v) is 12.8. The monoisotopic (exact) mass is 260 g/mol. The summed E-state index contributed by atoms with van der Waals surface area (Å²) in [4.78, 5) is 3.37. The van der Waals surface area contributed by atoms with E-state index in [2.05, 4.69) is 48.6 Å². The van der Waals surface area contributed by atoms with E-state index in [9.17, 15) is 0 Å². The molecule has 0 bridgehead atoms. The van der Waals surface area contributed by atoms with Crippen LogP contribution in [0.4, 0.5) is 0 Å². The molecule has 0 saturated heterocycles. The minimum atomic E-state index is 1.03. The van der Waals surface area contributed by atoms with E-state index < -0.39 is 0 Å². The topological polar surface area (TPSA) is 27.8 Å². The maximum Gasteiger partial charge on any atom is 0.0410 e. The van der Waals surface area contributed by atoms with Gasteiger partial charge in [0.05, 0.1) is 0 Å². The van der Waals surface area contributed by atoms with Gasteiger partial charge in [-0.25, -0.2) is 0 Å². The van der Waals surface area contributed by atoms with Crippen LogP contribution in [0.1, 0.15) is 46.1 Å². The van der Waals surface area contributed by atoms with Crippen molar-refractivity contribution in [3.63, 3.8) is 0 Å². The largest absolute Gasteiger partial charge is 0.361 e. The first-order valence-corrected chi connectivity index (χ1v) is 7.56. The summed E-state index contributed by atoms with van der Waals surface area (Å²) in [6.45, 7) is 10.4. The molecule has 106 valence electrons. The fourth-order valence-electron chi connectivity index (χ4n) is 2.40. The molecule has 1 aromatic heterocycles. The van der Waals surface area contributed by atoms with E-state index in [0.717, 1.165) is 25.9 Å². The molecule has 0 radical (unpaired) electrons. The Morgan fingerprint density at radius 3 is 2.68 bits per heavy atom. The van der Waals surface area contributed by atoms with Gasteiger partial charge in [-0.15, -0.1) is 0 Å². The summed E-state index contributed by atoms with van der Waals surface area (Å²) < 4.78 is 0. The van der Waals surface area contributed by atoms with Crippen LogP contribution in [-0.4, -0.2) is 18.1 Å². The van der Waals surface area contributed by atoms with Crippen LogP contribution in [0.25, 0.3) is 12.2 Å². The molecule has 0 spiro atoms. The molecular formula is C17H28N2. The Labute approximate surface area is 117 Å². The van der Waals surface area contributed by atoms with Gasteiger partial charge in [-0.05, 0) is 43.5 Å². The van der Waals surface area contributed by atoms with Crippen LogP contribution < -0.4 is 15.9 Å². The van der Waals surface area contributed by atoms with Gasteiger partial charge in [0.2, 0.25) is 0 Å². The maximum atomic E-state index is 3.37. The summed E-state index contributed by atoms with van der Waals surface area (Å²) in [5.74, 6) is 0. The number of nitrogens with one attached hydrogen (secondary N) is 2. The molecule has 0 saturated carbocycles. The average Bonchev–Trinajstić information content (AvgIpc) is 2.85. The lowest BCUT2D eigenvalue weighted by molar-refractivity contribution is 0.691. The van der Waals surface area contributed by atoms with Crippen molar-refractivity contribution in [3.05, 3.63) is 34.0 Å². The van der Waals surface area contributed by atoms with Gasteiger partial charge in [0, 0.05) is 18.1 Å². The summed E-state index contributed by atoms with van der Waals surface area (Å²) in [7, 11) is 0. The zero-order valence-electron chi connectivity index (χ0n) is 12.8. The molecule has 0 aliphatic carbocycles. The second kappa shape index (κ2) is 8.76. The molecule has 2 heteroatoms. The van der Waals surface area contributed by atoms with Crippen molar-refractivity contribution in [2.24, 2.45) is 0 Å². The van der Waals surface area contributed by atoms with Crippen molar-refractivity contribution in [3.8, 4) is 0 Å². The first kappa shape index (κ1) is 15.8. The number of aromatic amines is 1. The summed E-state index contributed by atoms with van der Waals surface area (Å²) >= 11 is 0. The third-order valence-electron chi connectivity index (χ3n) is 3.31. The molecule has 2 N–H and O–H groups in total. The van der Waals surface area contributed by atoms with Crippen LogP contribution in [0, 0.1) is 0 Å². The van der Waals surface area contributed by atoms with E-state index in [1.165, 1.54) is 22.6 Å². The molecule has 0 aromatic carbocycles. The lowest BCUT2D eigenvalue weighted by atomic mass is 10.0. The Balaban J connectivity index is 0.000000861. The summed E-state index contributed by atoms with van der Waals surface area (Å²) in [5, 5.41) is 6.02. The van der Waals surface area contributed by atoms with Gasteiger partial charge >= 0.3 is 0 Å². The van der Waals surface area contributed by atoms with Crippen LogP contribution in [0.3, 0.4) is 0 Å². The number of H-pyrrole nitrogens is 1. The van der Waals surface area contributed by atoms with E-state index in [-0.39, 0.29) is 0 Å². The van der Waals surface area contributed by atoms with Crippen LogP contribution >= 0.6 is 0 Å². The fourth-order valence-corrected chi connectivity index (χ4v) is 2.40. The first-order chi connectivity index (χ1) is 9.35. The Kier molecular flexibility index (Phi) is 7.27. The van der Waals surface area contributed by atoms with E-state index in [4.69, 9.17) is 0 Å². The van der Waals surface area contributed by atoms with E-state index in [1.54, 1.807) is 5.57 Å². The lowest BCUT2D eigenvalue weighted by Gasteiger charge is -2.13. The third kappa shape index (κ3) is 4.39. The highest BCUT2D eigenvalue weighted by atomic mass is 14.8. The van der Waals surface area contributed by atoms with Crippen molar-refractivity contribution in [1.29, 1.82) is 0 Å². The normalized spacial score (nSPS) is 16.9. The Morgan fingerprint density at radius 1 is 1.32 bits per heavy atom. The quantitative estimate of drug-likeness (QED) is 0.803. The third-order valence-corrected chi connectivity index (χ3v) is 3.31. The number of aromatic nitrogens is 1. The number of rotatable bonds is 3. The standard InChI is InChI=1S/C15H22N2.C2H6/c1-3-5-14-13(11-17-15(14)4-2)10-12-6-8-16-9-7-12;1-2/h4-6,11,16-17H,3,7-10H2,1-2H3;1-2H3/b14-5-,15-4+;. The zero-order chi connectivity index (χ0) is 14.1. The molecule has 0 fully saturated rings. The second-order valence-corrected chi connectivity index (χ2v) is 4.54. The van der Waals surface area contributed by atoms with Gasteiger partial charge in [0.15, 0.2) is 0 Å². The highest BCUT2D eigenvalue weighted by molar-refractivity contribution is 5.34. The van der Waals surface area contributed by atoms with Gasteiger partial charge in [-0.2, -0.15) is 0 Å². The summed E-state index contributed by atoms with van der Waals surface area (Å²) in [6.07, 6.45) is 12.3. The van der Waals surface area contributed by atoms with Crippen LogP contribution in [0.5, 0.6) is 0 Å². The molecule has 0 amide bonds. The molecule has 2 heterocycles. The minimum absolute atomic E-state index is 1.03. The number of hydrogen-bond donors (Lipinski definition) is 2. The van der Waals surface area contributed by atoms with Crippen molar-refractivity contribution >= 4 is 12.2 Å². The molecule has 19 heavy (non-hydrogen) atoms. The molecule has 1 aliphatic heterocycles. The predicted molar refractivity (Wildman–Crippen MR) is 85.6 cm³/mol. The van der Waals surface area contributed by atoms with E-state index in [1.807, 2.05) is 13.8 Å². The fraction of sp³-hybridized carbons (Fsp3) is 0.529. The molecule has 1 aliphatic rings. The highest BCUT2D eigenvalue weighted by Gasteiger charge is 2.06. The molecule has 0 unspecified atom stereocenters. The maximum absolute atomic E-state index is 3.37. The van der Waals surface area contributed by atoms with Crippen LogP contribution in [-0.2, 0) is 6.42 Å². The van der Waals surface area contributed by atoms with Crippen molar-refractivity contribution in [2.75, 3.05) is 13.1 Å². The van der Waals surface area contributed by atoms with Gasteiger partial charge in [-0.3, -0.25) is 0 Å². The molecule has 2 nitrogen and oxygen atoms in total. The van der Waals surface area contributed by atoms with Gasteiger partial charge < -0.3 is 10.3 Å². The molecule has 1 aromatic rings. The smallest absolute Gasteiger partial charge is 0.0410 e. The van der Waals surface area contributed by atoms with E-state index >= 15 is 0 Å².